The van der Waals surface area contributed by atoms with Gasteiger partial charge in [0.15, 0.2) is 0 Å². The predicted octanol–water partition coefficient (Wildman–Crippen LogP) is 2.65. The third kappa shape index (κ3) is 3.92. The summed E-state index contributed by atoms with van der Waals surface area (Å²) in [6, 6.07) is 9.07. The number of nitrogens with one attached hydrogen (secondary N) is 1. The molecule has 0 bridgehead atoms. The maximum atomic E-state index is 12.2. The largest absolute Gasteiger partial charge is 0.468 e. The molecule has 0 saturated heterocycles. The molecule has 1 heterocycles. The van der Waals surface area contributed by atoms with Gasteiger partial charge in [0.2, 0.25) is 5.91 Å². The fourth-order valence-corrected chi connectivity index (χ4v) is 1.93. The summed E-state index contributed by atoms with van der Waals surface area (Å²) in [4.78, 5) is 24.3. The zero-order valence-corrected chi connectivity index (χ0v) is 12.4. The van der Waals surface area contributed by atoms with E-state index in [-0.39, 0.29) is 11.6 Å². The first kappa shape index (κ1) is 15.7. The Morgan fingerprint density at radius 2 is 2.18 bits per heavy atom. The molecule has 7 nitrogen and oxygen atoms in total. The second-order valence-corrected chi connectivity index (χ2v) is 4.97. The van der Waals surface area contributed by atoms with Crippen LogP contribution in [0.15, 0.2) is 47.1 Å². The molecule has 0 aliphatic rings. The zero-order valence-electron chi connectivity index (χ0n) is 12.4. The molecular formula is C15H17N3O4. The summed E-state index contributed by atoms with van der Waals surface area (Å²) >= 11 is 0. The van der Waals surface area contributed by atoms with Gasteiger partial charge in [0.25, 0.3) is 5.69 Å². The summed E-state index contributed by atoms with van der Waals surface area (Å²) in [7, 11) is 1.81. The van der Waals surface area contributed by atoms with Gasteiger partial charge >= 0.3 is 0 Å². The fraction of sp³-hybridized carbons (Fsp3) is 0.267. The van der Waals surface area contributed by atoms with E-state index in [9.17, 15) is 14.9 Å². The molecule has 0 spiro atoms. The molecule has 1 aromatic heterocycles. The van der Waals surface area contributed by atoms with E-state index in [0.717, 1.165) is 5.76 Å². The Labute approximate surface area is 127 Å². The van der Waals surface area contributed by atoms with Crippen LogP contribution in [0.2, 0.25) is 0 Å². The molecule has 116 valence electrons. The van der Waals surface area contributed by atoms with Crippen LogP contribution in [0.3, 0.4) is 0 Å². The minimum atomic E-state index is -0.498. The second-order valence-electron chi connectivity index (χ2n) is 4.97. The van der Waals surface area contributed by atoms with Gasteiger partial charge in [0, 0.05) is 17.8 Å². The van der Waals surface area contributed by atoms with Crippen LogP contribution in [0.25, 0.3) is 0 Å². The quantitative estimate of drug-likeness (QED) is 0.654. The summed E-state index contributed by atoms with van der Waals surface area (Å²) in [5.74, 6) is 0.520. The molecule has 1 atom stereocenters. The highest BCUT2D eigenvalue weighted by atomic mass is 16.6. The van der Waals surface area contributed by atoms with E-state index < -0.39 is 11.0 Å². The standard InChI is InChI=1S/C15H17N3O4/c1-11(17(2)10-14-7-4-8-22-14)15(19)16-12-5-3-6-13(9-12)18(20)21/h3-9,11H,10H2,1-2H3,(H,16,19). The molecule has 2 aromatic rings. The number of carbonyl (C=O) groups is 1. The Morgan fingerprint density at radius 1 is 1.41 bits per heavy atom. The molecule has 0 aliphatic carbocycles. The molecular weight excluding hydrogens is 286 g/mol. The van der Waals surface area contributed by atoms with E-state index in [1.54, 1.807) is 32.4 Å². The van der Waals surface area contributed by atoms with Crippen molar-refractivity contribution in [2.45, 2.75) is 19.5 Å². The second kappa shape index (κ2) is 6.86. The molecule has 7 heteroatoms. The number of likely N-dealkylation sites (N-methyl/N-ethyl adjacent to an activating group) is 1. The summed E-state index contributed by atoms with van der Waals surface area (Å²) in [6.07, 6.45) is 1.58. The van der Waals surface area contributed by atoms with Crippen LogP contribution in [0.5, 0.6) is 0 Å². The lowest BCUT2D eigenvalue weighted by Crippen LogP contribution is -2.39. The summed E-state index contributed by atoms with van der Waals surface area (Å²) < 4.78 is 5.25. The first-order chi connectivity index (χ1) is 10.5. The molecule has 0 radical (unpaired) electrons. The summed E-state index contributed by atoms with van der Waals surface area (Å²) in [5, 5.41) is 13.4. The minimum Gasteiger partial charge on any atom is -0.468 e. The summed E-state index contributed by atoms with van der Waals surface area (Å²) in [6.45, 7) is 2.26. The average Bonchev–Trinajstić information content (AvgIpc) is 2.99. The predicted molar refractivity (Wildman–Crippen MR) is 81.4 cm³/mol. The van der Waals surface area contributed by atoms with Crippen molar-refractivity contribution >= 4 is 17.3 Å². The SMILES string of the molecule is CC(C(=O)Nc1cccc([N+](=O)[O-])c1)N(C)Cc1ccco1. The molecule has 2 rings (SSSR count). The van der Waals surface area contributed by atoms with Gasteiger partial charge in [0.1, 0.15) is 5.76 Å². The van der Waals surface area contributed by atoms with Crippen LogP contribution in [0.1, 0.15) is 12.7 Å². The topological polar surface area (TPSA) is 88.6 Å². The Hall–Kier alpha value is -2.67. The monoisotopic (exact) mass is 303 g/mol. The molecule has 1 unspecified atom stereocenters. The first-order valence-corrected chi connectivity index (χ1v) is 6.75. The average molecular weight is 303 g/mol. The van der Waals surface area contributed by atoms with Crippen molar-refractivity contribution in [2.75, 3.05) is 12.4 Å². The Morgan fingerprint density at radius 3 is 2.82 bits per heavy atom. The van der Waals surface area contributed by atoms with Gasteiger partial charge in [-0.2, -0.15) is 0 Å². The number of anilines is 1. The molecule has 1 aromatic carbocycles. The number of furan rings is 1. The van der Waals surface area contributed by atoms with Crippen LogP contribution in [-0.4, -0.2) is 28.8 Å². The van der Waals surface area contributed by atoms with Crippen LogP contribution in [0.4, 0.5) is 11.4 Å². The number of hydrogen-bond acceptors (Lipinski definition) is 5. The number of non-ortho nitro benzene ring substituents is 1. The number of nitro groups is 1. The number of hydrogen-bond donors (Lipinski definition) is 1. The molecule has 1 N–H and O–H groups in total. The van der Waals surface area contributed by atoms with E-state index in [1.807, 2.05) is 11.0 Å². The number of carbonyl (C=O) groups excluding carboxylic acids is 1. The molecule has 0 saturated carbocycles. The van der Waals surface area contributed by atoms with Crippen LogP contribution in [-0.2, 0) is 11.3 Å². The highest BCUT2D eigenvalue weighted by molar-refractivity contribution is 5.94. The number of nitrogens with zero attached hydrogens (tertiary/aromatic N) is 2. The van der Waals surface area contributed by atoms with Crippen molar-refractivity contribution in [1.29, 1.82) is 0 Å². The first-order valence-electron chi connectivity index (χ1n) is 6.75. The third-order valence-corrected chi connectivity index (χ3v) is 3.35. The number of rotatable bonds is 6. The molecule has 1 amide bonds. The molecule has 0 aliphatic heterocycles. The smallest absolute Gasteiger partial charge is 0.271 e. The van der Waals surface area contributed by atoms with Gasteiger partial charge in [-0.3, -0.25) is 19.8 Å². The lowest BCUT2D eigenvalue weighted by Gasteiger charge is -2.22. The Balaban J connectivity index is 1.98. The zero-order chi connectivity index (χ0) is 16.1. The summed E-state index contributed by atoms with van der Waals surface area (Å²) in [5.41, 5.74) is 0.340. The van der Waals surface area contributed by atoms with Gasteiger partial charge in [-0.05, 0) is 32.2 Å². The maximum Gasteiger partial charge on any atom is 0.271 e. The van der Waals surface area contributed by atoms with E-state index in [2.05, 4.69) is 5.32 Å². The number of nitro benzene ring substituents is 1. The minimum absolute atomic E-state index is 0.0607. The third-order valence-electron chi connectivity index (χ3n) is 3.35. The van der Waals surface area contributed by atoms with Crippen molar-refractivity contribution in [3.8, 4) is 0 Å². The van der Waals surface area contributed by atoms with Crippen LogP contribution < -0.4 is 5.32 Å². The van der Waals surface area contributed by atoms with Crippen molar-refractivity contribution < 1.29 is 14.1 Å². The van der Waals surface area contributed by atoms with Crippen molar-refractivity contribution in [2.24, 2.45) is 0 Å². The fourth-order valence-electron chi connectivity index (χ4n) is 1.93. The van der Waals surface area contributed by atoms with E-state index in [4.69, 9.17) is 4.42 Å². The lowest BCUT2D eigenvalue weighted by atomic mass is 10.2. The van der Waals surface area contributed by atoms with Crippen molar-refractivity contribution in [3.63, 3.8) is 0 Å². The normalized spacial score (nSPS) is 12.1. The lowest BCUT2D eigenvalue weighted by molar-refractivity contribution is -0.384. The van der Waals surface area contributed by atoms with Crippen LogP contribution in [0, 0.1) is 10.1 Å². The van der Waals surface area contributed by atoms with Gasteiger partial charge < -0.3 is 9.73 Å². The van der Waals surface area contributed by atoms with Crippen molar-refractivity contribution in [1.82, 2.24) is 4.90 Å². The Bertz CT molecular complexity index is 655. The maximum absolute atomic E-state index is 12.2. The van der Waals surface area contributed by atoms with E-state index >= 15 is 0 Å². The van der Waals surface area contributed by atoms with Crippen molar-refractivity contribution in [3.05, 3.63) is 58.5 Å². The van der Waals surface area contributed by atoms with Crippen LogP contribution >= 0.6 is 0 Å². The van der Waals surface area contributed by atoms with Gasteiger partial charge in [-0.25, -0.2) is 0 Å². The Kier molecular flexibility index (Phi) is 4.90. The van der Waals surface area contributed by atoms with E-state index in [0.29, 0.717) is 12.2 Å². The van der Waals surface area contributed by atoms with E-state index in [1.165, 1.54) is 18.2 Å². The van der Waals surface area contributed by atoms with Gasteiger partial charge in [0.05, 0.1) is 23.8 Å². The number of benzene rings is 1. The molecule has 0 fully saturated rings. The van der Waals surface area contributed by atoms with Gasteiger partial charge in [-0.1, -0.05) is 6.07 Å². The highest BCUT2D eigenvalue weighted by Gasteiger charge is 2.19. The van der Waals surface area contributed by atoms with Gasteiger partial charge in [-0.15, -0.1) is 0 Å². The number of amides is 1. The molecule has 22 heavy (non-hydrogen) atoms. The highest BCUT2D eigenvalue weighted by Crippen LogP contribution is 2.17.